The molecule has 1 amide bonds. The monoisotopic (exact) mass is 348 g/mol. The fraction of sp³-hybridized carbons (Fsp3) is 0.200. The van der Waals surface area contributed by atoms with Crippen molar-refractivity contribution in [1.29, 1.82) is 0 Å². The van der Waals surface area contributed by atoms with Gasteiger partial charge in [-0.15, -0.1) is 0 Å². The van der Waals surface area contributed by atoms with Gasteiger partial charge in [0, 0.05) is 11.8 Å². The summed E-state index contributed by atoms with van der Waals surface area (Å²) in [6.45, 7) is 5.62. The Morgan fingerprint density at radius 3 is 2.50 bits per heavy atom. The van der Waals surface area contributed by atoms with Crippen LogP contribution in [0.1, 0.15) is 25.1 Å². The van der Waals surface area contributed by atoms with Crippen LogP contribution < -0.4 is 4.90 Å². The van der Waals surface area contributed by atoms with Gasteiger partial charge in [-0.05, 0) is 44.0 Å². The summed E-state index contributed by atoms with van der Waals surface area (Å²) in [5, 5.41) is 0. The van der Waals surface area contributed by atoms with Gasteiger partial charge in [0.05, 0.1) is 35.4 Å². The summed E-state index contributed by atoms with van der Waals surface area (Å²) in [5.41, 5.74) is 3.17. The zero-order chi connectivity index (χ0) is 18.5. The van der Waals surface area contributed by atoms with Gasteiger partial charge in [-0.2, -0.15) is 0 Å². The number of halogens is 1. The number of benzene rings is 1. The topological polar surface area (TPSA) is 59.0 Å². The number of anilines is 2. The van der Waals surface area contributed by atoms with Gasteiger partial charge in [-0.25, -0.2) is 9.37 Å². The maximum atomic E-state index is 13.5. The molecule has 0 bridgehead atoms. The van der Waals surface area contributed by atoms with Crippen molar-refractivity contribution >= 4 is 17.4 Å². The van der Waals surface area contributed by atoms with Crippen molar-refractivity contribution in [3.8, 4) is 11.1 Å². The molecule has 6 heteroatoms. The van der Waals surface area contributed by atoms with E-state index in [4.69, 9.17) is 0 Å². The fourth-order valence-corrected chi connectivity index (χ4v) is 3.23. The van der Waals surface area contributed by atoms with Crippen molar-refractivity contribution in [3.63, 3.8) is 0 Å². The quantitative estimate of drug-likeness (QED) is 0.704. The summed E-state index contributed by atoms with van der Waals surface area (Å²) in [6, 6.07) is 7.09. The molecule has 0 saturated heterocycles. The SMILES string of the molecule is Cc1cnc(N2C(=O)C(C)(C)c3ccc(-c4cncc(F)c4)cc32)cn1. The highest BCUT2D eigenvalue weighted by atomic mass is 19.1. The van der Waals surface area contributed by atoms with E-state index in [2.05, 4.69) is 15.0 Å². The predicted octanol–water partition coefficient (Wildman–Crippen LogP) is 3.94. The molecule has 5 nitrogen and oxygen atoms in total. The molecule has 0 fully saturated rings. The van der Waals surface area contributed by atoms with Crippen LogP contribution in [0.5, 0.6) is 0 Å². The molecule has 0 aliphatic carbocycles. The molecule has 26 heavy (non-hydrogen) atoms. The minimum atomic E-state index is -0.680. The van der Waals surface area contributed by atoms with Gasteiger partial charge in [0.15, 0.2) is 5.82 Å². The van der Waals surface area contributed by atoms with Crippen LogP contribution in [0.2, 0.25) is 0 Å². The predicted molar refractivity (Wildman–Crippen MR) is 96.6 cm³/mol. The molecule has 0 saturated carbocycles. The fourth-order valence-electron chi connectivity index (χ4n) is 3.23. The molecule has 2 aromatic heterocycles. The minimum absolute atomic E-state index is 0.0693. The molecule has 3 heterocycles. The molecule has 0 unspecified atom stereocenters. The second kappa shape index (κ2) is 5.69. The third-order valence-electron chi connectivity index (χ3n) is 4.68. The van der Waals surface area contributed by atoms with E-state index in [1.54, 1.807) is 23.5 Å². The second-order valence-electron chi connectivity index (χ2n) is 6.91. The van der Waals surface area contributed by atoms with Crippen LogP contribution in [-0.2, 0) is 10.2 Å². The molecule has 0 radical (unpaired) electrons. The normalized spacial score (nSPS) is 15.2. The molecule has 1 aromatic carbocycles. The number of aryl methyl sites for hydroxylation is 1. The van der Waals surface area contributed by atoms with E-state index in [-0.39, 0.29) is 5.91 Å². The maximum absolute atomic E-state index is 13.5. The van der Waals surface area contributed by atoms with Gasteiger partial charge in [0.2, 0.25) is 5.91 Å². The van der Waals surface area contributed by atoms with Crippen LogP contribution in [0.3, 0.4) is 0 Å². The zero-order valence-corrected chi connectivity index (χ0v) is 14.7. The van der Waals surface area contributed by atoms with E-state index in [0.29, 0.717) is 11.4 Å². The van der Waals surface area contributed by atoms with E-state index in [1.165, 1.54) is 6.07 Å². The van der Waals surface area contributed by atoms with Gasteiger partial charge in [-0.1, -0.05) is 12.1 Å². The lowest BCUT2D eigenvalue weighted by molar-refractivity contribution is -0.121. The molecule has 0 N–H and O–H groups in total. The molecule has 1 aliphatic rings. The molecular formula is C20H17FN4O. The Labute approximate surface area is 150 Å². The van der Waals surface area contributed by atoms with E-state index in [0.717, 1.165) is 28.7 Å². The largest absolute Gasteiger partial charge is 0.273 e. The third-order valence-corrected chi connectivity index (χ3v) is 4.68. The number of rotatable bonds is 2. The number of carbonyl (C=O) groups is 1. The highest BCUT2D eigenvalue weighted by Crippen LogP contribution is 2.46. The number of pyridine rings is 1. The highest BCUT2D eigenvalue weighted by Gasteiger charge is 2.45. The van der Waals surface area contributed by atoms with Crippen LogP contribution in [0.15, 0.2) is 49.1 Å². The van der Waals surface area contributed by atoms with Gasteiger partial charge in [0.1, 0.15) is 5.82 Å². The van der Waals surface area contributed by atoms with Crippen LogP contribution in [0, 0.1) is 12.7 Å². The first-order valence-corrected chi connectivity index (χ1v) is 8.26. The first kappa shape index (κ1) is 16.3. The van der Waals surface area contributed by atoms with Gasteiger partial charge >= 0.3 is 0 Å². The van der Waals surface area contributed by atoms with Gasteiger partial charge in [-0.3, -0.25) is 19.7 Å². The van der Waals surface area contributed by atoms with E-state index < -0.39 is 11.2 Å². The zero-order valence-electron chi connectivity index (χ0n) is 14.7. The maximum Gasteiger partial charge on any atom is 0.242 e. The second-order valence-corrected chi connectivity index (χ2v) is 6.91. The van der Waals surface area contributed by atoms with Crippen molar-refractivity contribution in [2.45, 2.75) is 26.2 Å². The lowest BCUT2D eigenvalue weighted by atomic mass is 9.85. The van der Waals surface area contributed by atoms with Crippen LogP contribution in [-0.4, -0.2) is 20.9 Å². The first-order chi connectivity index (χ1) is 12.4. The van der Waals surface area contributed by atoms with Crippen LogP contribution in [0.25, 0.3) is 11.1 Å². The van der Waals surface area contributed by atoms with Gasteiger partial charge < -0.3 is 0 Å². The molecule has 4 rings (SSSR count). The van der Waals surface area contributed by atoms with Crippen molar-refractivity contribution < 1.29 is 9.18 Å². The average Bonchev–Trinajstić information content (AvgIpc) is 2.82. The lowest BCUT2D eigenvalue weighted by Gasteiger charge is -2.19. The summed E-state index contributed by atoms with van der Waals surface area (Å²) in [6.07, 6.45) is 5.99. The van der Waals surface area contributed by atoms with E-state index in [9.17, 15) is 9.18 Å². The third kappa shape index (κ3) is 2.45. The van der Waals surface area contributed by atoms with Crippen LogP contribution >= 0.6 is 0 Å². The Hall–Kier alpha value is -3.15. The Kier molecular flexibility index (Phi) is 3.57. The summed E-state index contributed by atoms with van der Waals surface area (Å²) in [5.74, 6) is 0.00257. The van der Waals surface area contributed by atoms with Gasteiger partial charge in [0.25, 0.3) is 0 Å². The van der Waals surface area contributed by atoms with Crippen molar-refractivity contribution in [2.24, 2.45) is 0 Å². The van der Waals surface area contributed by atoms with Crippen LogP contribution in [0.4, 0.5) is 15.9 Å². The lowest BCUT2D eigenvalue weighted by Crippen LogP contribution is -2.33. The average molecular weight is 348 g/mol. The molecule has 0 spiro atoms. The smallest absolute Gasteiger partial charge is 0.242 e. The molecule has 3 aromatic rings. The van der Waals surface area contributed by atoms with Crippen molar-refractivity contribution in [1.82, 2.24) is 15.0 Å². The number of aromatic nitrogens is 3. The van der Waals surface area contributed by atoms with E-state index >= 15 is 0 Å². The number of amides is 1. The molecule has 1 aliphatic heterocycles. The first-order valence-electron chi connectivity index (χ1n) is 8.26. The molecule has 130 valence electrons. The number of nitrogens with zero attached hydrogens (tertiary/aromatic N) is 4. The summed E-state index contributed by atoms with van der Waals surface area (Å²) >= 11 is 0. The Morgan fingerprint density at radius 1 is 1.00 bits per heavy atom. The van der Waals surface area contributed by atoms with Crippen molar-refractivity contribution in [2.75, 3.05) is 4.90 Å². The Morgan fingerprint density at radius 2 is 1.81 bits per heavy atom. The summed E-state index contributed by atoms with van der Waals surface area (Å²) < 4.78 is 13.5. The highest BCUT2D eigenvalue weighted by molar-refractivity contribution is 6.12. The standard InChI is InChI=1S/C20H17FN4O/c1-12-8-24-18(11-23-12)25-17-7-13(14-6-15(21)10-22-9-14)4-5-16(17)20(2,3)19(25)26/h4-11H,1-3H3. The Balaban J connectivity index is 1.89. The van der Waals surface area contributed by atoms with Crippen molar-refractivity contribution in [3.05, 3.63) is 66.1 Å². The van der Waals surface area contributed by atoms with E-state index in [1.807, 2.05) is 39.0 Å². The number of fused-ring (bicyclic) bond motifs is 1. The summed E-state index contributed by atoms with van der Waals surface area (Å²) in [7, 11) is 0. The summed E-state index contributed by atoms with van der Waals surface area (Å²) in [4.78, 5) is 27.2. The minimum Gasteiger partial charge on any atom is -0.273 e. The number of hydrogen-bond donors (Lipinski definition) is 0. The molecule has 0 atom stereocenters. The number of carbonyl (C=O) groups excluding carboxylic acids is 1. The molecular weight excluding hydrogens is 331 g/mol. The number of hydrogen-bond acceptors (Lipinski definition) is 4. The Bertz CT molecular complexity index is 1010.